The predicted molar refractivity (Wildman–Crippen MR) is 72.1 cm³/mol. The summed E-state index contributed by atoms with van der Waals surface area (Å²) in [6.45, 7) is 0.498. The van der Waals surface area contributed by atoms with Crippen molar-refractivity contribution in [3.05, 3.63) is 59.9 Å². The van der Waals surface area contributed by atoms with Gasteiger partial charge in [-0.15, -0.1) is 0 Å². The van der Waals surface area contributed by atoms with Crippen LogP contribution in [0.5, 0.6) is 5.75 Å². The monoisotopic (exact) mass is 248 g/mol. The molecule has 0 spiro atoms. The minimum atomic E-state index is 0.217. The SMILES string of the molecule is N#CCC#Cc1cncc(OCc2ccccc2)c1. The lowest BCUT2D eigenvalue weighted by molar-refractivity contribution is 0.305. The van der Waals surface area contributed by atoms with Gasteiger partial charge in [-0.05, 0) is 11.6 Å². The molecule has 1 heterocycles. The number of nitriles is 1. The predicted octanol–water partition coefficient (Wildman–Crippen LogP) is 2.93. The average Bonchev–Trinajstić information content (AvgIpc) is 2.47. The van der Waals surface area contributed by atoms with Crippen molar-refractivity contribution in [2.45, 2.75) is 13.0 Å². The molecular formula is C16H12N2O. The van der Waals surface area contributed by atoms with E-state index in [0.717, 1.165) is 11.1 Å². The molecule has 0 saturated heterocycles. The molecule has 0 aliphatic heterocycles. The molecule has 92 valence electrons. The maximum absolute atomic E-state index is 8.42. The molecule has 19 heavy (non-hydrogen) atoms. The molecule has 0 saturated carbocycles. The van der Waals surface area contributed by atoms with Gasteiger partial charge in [-0.25, -0.2) is 0 Å². The Bertz CT molecular complexity index is 633. The number of nitrogens with zero attached hydrogens (tertiary/aromatic N) is 2. The second kappa shape index (κ2) is 6.83. The quantitative estimate of drug-likeness (QED) is 0.784. The Morgan fingerprint density at radius 2 is 2.00 bits per heavy atom. The molecule has 2 aromatic rings. The van der Waals surface area contributed by atoms with Crippen molar-refractivity contribution in [2.24, 2.45) is 0 Å². The molecule has 0 atom stereocenters. The molecule has 0 fully saturated rings. The van der Waals surface area contributed by atoms with Crippen LogP contribution < -0.4 is 4.74 Å². The highest BCUT2D eigenvalue weighted by molar-refractivity contribution is 5.37. The summed E-state index contributed by atoms with van der Waals surface area (Å²) in [5, 5.41) is 8.42. The molecule has 0 aliphatic carbocycles. The van der Waals surface area contributed by atoms with E-state index in [2.05, 4.69) is 16.8 Å². The third-order valence-corrected chi connectivity index (χ3v) is 2.36. The van der Waals surface area contributed by atoms with Crippen LogP contribution in [-0.2, 0) is 6.61 Å². The fraction of sp³-hybridized carbons (Fsp3) is 0.125. The lowest BCUT2D eigenvalue weighted by Crippen LogP contribution is -1.95. The van der Waals surface area contributed by atoms with Gasteiger partial charge in [0.15, 0.2) is 0 Å². The highest BCUT2D eigenvalue weighted by atomic mass is 16.5. The molecule has 3 nitrogen and oxygen atoms in total. The minimum absolute atomic E-state index is 0.217. The van der Waals surface area contributed by atoms with E-state index in [1.54, 1.807) is 12.4 Å². The number of hydrogen-bond acceptors (Lipinski definition) is 3. The molecule has 0 radical (unpaired) electrons. The van der Waals surface area contributed by atoms with Crippen LogP contribution in [-0.4, -0.2) is 4.98 Å². The first-order chi connectivity index (χ1) is 9.38. The summed E-state index contributed by atoms with van der Waals surface area (Å²) < 4.78 is 5.64. The van der Waals surface area contributed by atoms with Gasteiger partial charge in [-0.3, -0.25) is 4.98 Å². The molecule has 0 unspecified atom stereocenters. The zero-order valence-corrected chi connectivity index (χ0v) is 10.3. The van der Waals surface area contributed by atoms with Crippen LogP contribution in [0, 0.1) is 23.2 Å². The Hall–Kier alpha value is -2.78. The van der Waals surface area contributed by atoms with Gasteiger partial charge in [0.25, 0.3) is 0 Å². The molecule has 1 aromatic carbocycles. The Kier molecular flexibility index (Phi) is 4.56. The molecule has 0 amide bonds. The van der Waals surface area contributed by atoms with Gasteiger partial charge < -0.3 is 4.74 Å². The van der Waals surface area contributed by atoms with Crippen LogP contribution in [0.15, 0.2) is 48.8 Å². The normalized spacial score (nSPS) is 9.00. The van der Waals surface area contributed by atoms with E-state index in [-0.39, 0.29) is 6.42 Å². The van der Waals surface area contributed by atoms with Crippen molar-refractivity contribution >= 4 is 0 Å². The van der Waals surface area contributed by atoms with Gasteiger partial charge in [0, 0.05) is 11.8 Å². The zero-order chi connectivity index (χ0) is 13.3. The summed E-state index contributed by atoms with van der Waals surface area (Å²) in [5.41, 5.74) is 1.85. The van der Waals surface area contributed by atoms with E-state index in [4.69, 9.17) is 10.00 Å². The van der Waals surface area contributed by atoms with Gasteiger partial charge in [0.1, 0.15) is 12.4 Å². The van der Waals surface area contributed by atoms with E-state index in [1.165, 1.54) is 0 Å². The van der Waals surface area contributed by atoms with Crippen LogP contribution in [0.25, 0.3) is 0 Å². The van der Waals surface area contributed by atoms with Gasteiger partial charge in [0.2, 0.25) is 0 Å². The number of rotatable bonds is 3. The average molecular weight is 248 g/mol. The number of hydrogen-bond donors (Lipinski definition) is 0. The first-order valence-corrected chi connectivity index (χ1v) is 5.86. The molecular weight excluding hydrogens is 236 g/mol. The summed E-state index contributed by atoms with van der Waals surface area (Å²) in [6, 6.07) is 13.7. The zero-order valence-electron chi connectivity index (χ0n) is 10.3. The second-order valence-electron chi connectivity index (χ2n) is 3.82. The molecule has 0 N–H and O–H groups in total. The summed E-state index contributed by atoms with van der Waals surface area (Å²) in [5.74, 6) is 6.29. The molecule has 2 rings (SSSR count). The number of benzene rings is 1. The smallest absolute Gasteiger partial charge is 0.139 e. The standard InChI is InChI=1S/C16H12N2O/c17-9-5-4-8-15-10-16(12-18-11-15)19-13-14-6-2-1-3-7-14/h1-3,6-7,10-12H,5,13H2. The van der Waals surface area contributed by atoms with E-state index < -0.39 is 0 Å². The minimum Gasteiger partial charge on any atom is -0.487 e. The number of aromatic nitrogens is 1. The lowest BCUT2D eigenvalue weighted by atomic mass is 10.2. The Balaban J connectivity index is 2.00. The third-order valence-electron chi connectivity index (χ3n) is 2.36. The maximum atomic E-state index is 8.42. The molecule has 1 aromatic heterocycles. The fourth-order valence-electron chi connectivity index (χ4n) is 1.49. The van der Waals surface area contributed by atoms with Crippen molar-refractivity contribution in [3.63, 3.8) is 0 Å². The third kappa shape index (κ3) is 4.18. The summed E-state index contributed by atoms with van der Waals surface area (Å²) in [6.07, 6.45) is 3.52. The summed E-state index contributed by atoms with van der Waals surface area (Å²) >= 11 is 0. The molecule has 0 aliphatic rings. The van der Waals surface area contributed by atoms with Gasteiger partial charge in [0.05, 0.1) is 18.7 Å². The van der Waals surface area contributed by atoms with E-state index in [0.29, 0.717) is 12.4 Å². The molecule has 0 bridgehead atoms. The fourth-order valence-corrected chi connectivity index (χ4v) is 1.49. The Morgan fingerprint density at radius 1 is 1.16 bits per heavy atom. The largest absolute Gasteiger partial charge is 0.487 e. The number of pyridine rings is 1. The Morgan fingerprint density at radius 3 is 2.79 bits per heavy atom. The summed E-state index contributed by atoms with van der Waals surface area (Å²) in [4.78, 5) is 4.07. The first kappa shape index (κ1) is 12.7. The Labute approximate surface area is 112 Å². The van der Waals surface area contributed by atoms with Crippen molar-refractivity contribution in [2.75, 3.05) is 0 Å². The van der Waals surface area contributed by atoms with E-state index in [9.17, 15) is 0 Å². The van der Waals surface area contributed by atoms with Crippen molar-refractivity contribution in [1.29, 1.82) is 5.26 Å². The van der Waals surface area contributed by atoms with Crippen molar-refractivity contribution in [3.8, 4) is 23.7 Å². The highest BCUT2D eigenvalue weighted by Crippen LogP contribution is 2.12. The first-order valence-electron chi connectivity index (χ1n) is 5.86. The maximum Gasteiger partial charge on any atom is 0.139 e. The van der Waals surface area contributed by atoms with Crippen LogP contribution in [0.3, 0.4) is 0 Å². The van der Waals surface area contributed by atoms with Gasteiger partial charge in [-0.1, -0.05) is 42.2 Å². The number of ether oxygens (including phenoxy) is 1. The molecule has 3 heteroatoms. The van der Waals surface area contributed by atoms with E-state index in [1.807, 2.05) is 42.5 Å². The topological polar surface area (TPSA) is 45.9 Å². The van der Waals surface area contributed by atoms with Gasteiger partial charge >= 0.3 is 0 Å². The lowest BCUT2D eigenvalue weighted by Gasteiger charge is -2.05. The van der Waals surface area contributed by atoms with E-state index >= 15 is 0 Å². The van der Waals surface area contributed by atoms with Crippen LogP contribution >= 0.6 is 0 Å². The highest BCUT2D eigenvalue weighted by Gasteiger charge is 1.97. The van der Waals surface area contributed by atoms with Crippen LogP contribution in [0.1, 0.15) is 17.5 Å². The van der Waals surface area contributed by atoms with Gasteiger partial charge in [-0.2, -0.15) is 5.26 Å². The summed E-state index contributed by atoms with van der Waals surface area (Å²) in [7, 11) is 0. The van der Waals surface area contributed by atoms with Crippen molar-refractivity contribution in [1.82, 2.24) is 4.98 Å². The van der Waals surface area contributed by atoms with Crippen LogP contribution in [0.4, 0.5) is 0 Å². The second-order valence-corrected chi connectivity index (χ2v) is 3.82. The van der Waals surface area contributed by atoms with Crippen molar-refractivity contribution < 1.29 is 4.74 Å². The van der Waals surface area contributed by atoms with Crippen LogP contribution in [0.2, 0.25) is 0 Å².